The normalized spacial score (nSPS) is 15.6. The molecule has 0 saturated carbocycles. The number of thiophene rings is 1. The third-order valence-corrected chi connectivity index (χ3v) is 5.25. The van der Waals surface area contributed by atoms with Gasteiger partial charge in [0, 0.05) is 25.2 Å². The number of aromatic nitrogens is 1. The van der Waals surface area contributed by atoms with Crippen molar-refractivity contribution in [2.24, 2.45) is 10.9 Å². The summed E-state index contributed by atoms with van der Waals surface area (Å²) in [6.07, 6.45) is 1.57. The maximum Gasteiger partial charge on any atom is 0.236 e. The van der Waals surface area contributed by atoms with E-state index in [9.17, 15) is 0 Å². The highest BCUT2D eigenvalue weighted by atomic mass is 32.1. The summed E-state index contributed by atoms with van der Waals surface area (Å²) in [5.41, 5.74) is 8.79. The zero-order chi connectivity index (χ0) is 19.2. The molecule has 0 radical (unpaired) electrons. The second-order valence-corrected chi connectivity index (χ2v) is 7.41. The van der Waals surface area contributed by atoms with Gasteiger partial charge in [-0.25, -0.2) is 4.98 Å². The van der Waals surface area contributed by atoms with Crippen molar-refractivity contribution in [3.63, 3.8) is 0 Å². The van der Waals surface area contributed by atoms with Crippen molar-refractivity contribution in [3.05, 3.63) is 64.9 Å². The minimum atomic E-state index is 0.197. The molecule has 1 aliphatic rings. The summed E-state index contributed by atoms with van der Waals surface area (Å²) < 4.78 is 10.9. The molecule has 0 atom stereocenters. The molecule has 28 heavy (non-hydrogen) atoms. The Morgan fingerprint density at radius 1 is 1.25 bits per heavy atom. The summed E-state index contributed by atoms with van der Waals surface area (Å²) in [5, 5.41) is 6.01. The average Bonchev–Trinajstić information content (AvgIpc) is 3.41. The predicted octanol–water partition coefficient (Wildman–Crippen LogP) is 3.07. The Labute approximate surface area is 167 Å². The number of nitrogens with zero attached hydrogens (tertiary/aromatic N) is 3. The maximum absolute atomic E-state index is 6.09. The first-order valence-corrected chi connectivity index (χ1v) is 9.99. The van der Waals surface area contributed by atoms with Crippen molar-refractivity contribution >= 4 is 17.2 Å². The monoisotopic (exact) mass is 398 g/mol. The Morgan fingerprint density at radius 2 is 2.14 bits per heavy atom. The smallest absolute Gasteiger partial charge is 0.236 e. The van der Waals surface area contributed by atoms with Crippen LogP contribution in [0, 0.1) is 0 Å². The lowest BCUT2D eigenvalue weighted by atomic mass is 10.1. The van der Waals surface area contributed by atoms with Crippen LogP contribution in [0.2, 0.25) is 0 Å². The van der Waals surface area contributed by atoms with Gasteiger partial charge in [-0.15, -0.1) is 11.3 Å². The van der Waals surface area contributed by atoms with Gasteiger partial charge < -0.3 is 19.7 Å². The van der Waals surface area contributed by atoms with E-state index in [0.717, 1.165) is 43.3 Å². The second kappa shape index (κ2) is 9.01. The van der Waals surface area contributed by atoms with Crippen molar-refractivity contribution in [1.29, 1.82) is 0 Å². The van der Waals surface area contributed by atoms with E-state index in [2.05, 4.69) is 21.1 Å². The number of rotatable bonds is 7. The number of benzene rings is 1. The largest absolute Gasteiger partial charge is 0.443 e. The Hall–Kier alpha value is -2.68. The van der Waals surface area contributed by atoms with Gasteiger partial charge in [-0.3, -0.25) is 4.90 Å². The molecular formula is C20H22N4O3S. The molecule has 8 heteroatoms. The molecule has 1 aromatic carbocycles. The first-order chi connectivity index (χ1) is 13.8. The molecule has 1 fully saturated rings. The summed E-state index contributed by atoms with van der Waals surface area (Å²) in [5.74, 6) is 0.923. The van der Waals surface area contributed by atoms with Crippen LogP contribution in [-0.2, 0) is 22.7 Å². The predicted molar refractivity (Wildman–Crippen MR) is 108 cm³/mol. The zero-order valence-electron chi connectivity index (χ0n) is 15.4. The standard InChI is InChI=1S/C20H22N4O3S/c21-19(16-4-1-3-15(11-16)12-24-6-8-25-9-7-24)23-27-14-17-13-26-20(22-17)18-5-2-10-28-18/h1-5,10-11,13H,6-9,12,14H2,(H2,21,23). The lowest BCUT2D eigenvalue weighted by molar-refractivity contribution is 0.0342. The van der Waals surface area contributed by atoms with Crippen molar-refractivity contribution in [2.45, 2.75) is 13.2 Å². The Kier molecular flexibility index (Phi) is 6.01. The Bertz CT molecular complexity index is 917. The quantitative estimate of drug-likeness (QED) is 0.374. The van der Waals surface area contributed by atoms with Crippen molar-refractivity contribution in [1.82, 2.24) is 9.88 Å². The highest BCUT2D eigenvalue weighted by Gasteiger charge is 2.11. The van der Waals surface area contributed by atoms with E-state index in [1.54, 1.807) is 17.6 Å². The van der Waals surface area contributed by atoms with Crippen LogP contribution < -0.4 is 5.73 Å². The van der Waals surface area contributed by atoms with Gasteiger partial charge >= 0.3 is 0 Å². The molecule has 0 bridgehead atoms. The van der Waals surface area contributed by atoms with Crippen LogP contribution in [0.4, 0.5) is 0 Å². The van der Waals surface area contributed by atoms with E-state index in [-0.39, 0.29) is 6.61 Å². The van der Waals surface area contributed by atoms with Crippen LogP contribution in [0.15, 0.2) is 57.6 Å². The number of hydrogen-bond donors (Lipinski definition) is 1. The number of hydrogen-bond acceptors (Lipinski definition) is 7. The molecule has 0 aliphatic carbocycles. The molecule has 4 rings (SSSR count). The van der Waals surface area contributed by atoms with Crippen molar-refractivity contribution < 1.29 is 14.0 Å². The molecule has 1 saturated heterocycles. The third kappa shape index (κ3) is 4.78. The average molecular weight is 398 g/mol. The maximum atomic E-state index is 6.09. The minimum absolute atomic E-state index is 0.197. The van der Waals surface area contributed by atoms with Gasteiger partial charge in [0.2, 0.25) is 5.89 Å². The number of oxime groups is 1. The number of ether oxygens (including phenoxy) is 1. The molecule has 2 N–H and O–H groups in total. The number of morpholine rings is 1. The highest BCUT2D eigenvalue weighted by Crippen LogP contribution is 2.23. The van der Waals surface area contributed by atoms with Gasteiger partial charge in [-0.2, -0.15) is 0 Å². The summed E-state index contributed by atoms with van der Waals surface area (Å²) in [7, 11) is 0. The van der Waals surface area contributed by atoms with Gasteiger partial charge in [0.05, 0.1) is 18.1 Å². The first kappa shape index (κ1) is 18.7. The Balaban J connectivity index is 1.34. The summed E-state index contributed by atoms with van der Waals surface area (Å²) >= 11 is 1.57. The van der Waals surface area contributed by atoms with E-state index in [1.807, 2.05) is 35.7 Å². The first-order valence-electron chi connectivity index (χ1n) is 9.11. The molecule has 1 aliphatic heterocycles. The van der Waals surface area contributed by atoms with Gasteiger partial charge in [-0.05, 0) is 23.1 Å². The molecule has 0 spiro atoms. The van der Waals surface area contributed by atoms with E-state index in [0.29, 0.717) is 17.4 Å². The Morgan fingerprint density at radius 3 is 2.96 bits per heavy atom. The molecular weight excluding hydrogens is 376 g/mol. The zero-order valence-corrected chi connectivity index (χ0v) is 16.2. The van der Waals surface area contributed by atoms with Crippen LogP contribution >= 0.6 is 11.3 Å². The van der Waals surface area contributed by atoms with Crippen LogP contribution in [-0.4, -0.2) is 42.0 Å². The van der Waals surface area contributed by atoms with Crippen LogP contribution in [0.5, 0.6) is 0 Å². The number of nitrogens with two attached hydrogens (primary N) is 1. The van der Waals surface area contributed by atoms with E-state index < -0.39 is 0 Å². The van der Waals surface area contributed by atoms with Crippen molar-refractivity contribution in [2.75, 3.05) is 26.3 Å². The highest BCUT2D eigenvalue weighted by molar-refractivity contribution is 7.13. The van der Waals surface area contributed by atoms with Gasteiger partial charge in [0.15, 0.2) is 12.4 Å². The van der Waals surface area contributed by atoms with Crippen LogP contribution in [0.1, 0.15) is 16.8 Å². The van der Waals surface area contributed by atoms with Gasteiger partial charge in [0.1, 0.15) is 12.0 Å². The molecule has 3 aromatic rings. The SMILES string of the molecule is N/C(=N/OCc1coc(-c2cccs2)n1)c1cccc(CN2CCOCC2)c1. The third-order valence-electron chi connectivity index (χ3n) is 4.39. The second-order valence-electron chi connectivity index (χ2n) is 6.46. The van der Waals surface area contributed by atoms with E-state index >= 15 is 0 Å². The fourth-order valence-corrected chi connectivity index (χ4v) is 3.61. The summed E-state index contributed by atoms with van der Waals surface area (Å²) in [4.78, 5) is 13.1. The van der Waals surface area contributed by atoms with Crippen LogP contribution in [0.25, 0.3) is 10.8 Å². The topological polar surface area (TPSA) is 86.1 Å². The fraction of sp³-hybridized carbons (Fsp3) is 0.300. The summed E-state index contributed by atoms with van der Waals surface area (Å²) in [6.45, 7) is 4.53. The molecule has 0 unspecified atom stereocenters. The summed E-state index contributed by atoms with van der Waals surface area (Å²) in [6, 6.07) is 12.0. The molecule has 146 valence electrons. The molecule has 3 heterocycles. The van der Waals surface area contributed by atoms with Crippen molar-refractivity contribution in [3.8, 4) is 10.8 Å². The van der Waals surface area contributed by atoms with Crippen LogP contribution in [0.3, 0.4) is 0 Å². The van der Waals surface area contributed by atoms with E-state index in [1.165, 1.54) is 5.56 Å². The molecule has 2 aromatic heterocycles. The lowest BCUT2D eigenvalue weighted by Gasteiger charge is -2.26. The lowest BCUT2D eigenvalue weighted by Crippen LogP contribution is -2.35. The van der Waals surface area contributed by atoms with E-state index in [4.69, 9.17) is 19.7 Å². The fourth-order valence-electron chi connectivity index (χ4n) is 2.95. The van der Waals surface area contributed by atoms with Gasteiger partial charge in [-0.1, -0.05) is 29.4 Å². The molecule has 0 amide bonds. The molecule has 7 nitrogen and oxygen atoms in total. The minimum Gasteiger partial charge on any atom is -0.443 e. The number of amidine groups is 1. The number of oxazole rings is 1. The van der Waals surface area contributed by atoms with Gasteiger partial charge in [0.25, 0.3) is 0 Å².